The molecule has 1 aromatic heterocycles. The normalized spacial score (nSPS) is 19.7. The van der Waals surface area contributed by atoms with Crippen molar-refractivity contribution in [3.63, 3.8) is 0 Å². The Morgan fingerprint density at radius 1 is 1.50 bits per heavy atom. The van der Waals surface area contributed by atoms with E-state index in [9.17, 15) is 18.7 Å². The van der Waals surface area contributed by atoms with E-state index in [-0.39, 0.29) is 17.8 Å². The summed E-state index contributed by atoms with van der Waals surface area (Å²) in [7, 11) is 0. The molecule has 2 atom stereocenters. The van der Waals surface area contributed by atoms with Crippen LogP contribution in [0.25, 0.3) is 11.0 Å². The molecule has 1 aliphatic heterocycles. The molecule has 0 saturated carbocycles. The van der Waals surface area contributed by atoms with Gasteiger partial charge >= 0.3 is 6.03 Å². The molecule has 2 unspecified atom stereocenters. The summed E-state index contributed by atoms with van der Waals surface area (Å²) in [5, 5.41) is 12.5. The molecule has 1 saturated heterocycles. The number of aromatic amines is 1. The Morgan fingerprint density at radius 2 is 2.29 bits per heavy atom. The molecular formula is C16H20F2N4O2. The Bertz CT molecular complexity index is 732. The first-order valence-corrected chi connectivity index (χ1v) is 7.96. The quantitative estimate of drug-likeness (QED) is 0.804. The van der Waals surface area contributed by atoms with Gasteiger partial charge in [-0.3, -0.25) is 0 Å². The summed E-state index contributed by atoms with van der Waals surface area (Å²) < 4.78 is 25.3. The van der Waals surface area contributed by atoms with Crippen LogP contribution in [0.5, 0.6) is 0 Å². The van der Waals surface area contributed by atoms with Gasteiger partial charge in [0, 0.05) is 24.7 Å². The number of halogens is 2. The number of carbonyl (C=O) groups excluding carboxylic acids is 1. The highest BCUT2D eigenvalue weighted by molar-refractivity contribution is 5.92. The van der Waals surface area contributed by atoms with Crippen molar-refractivity contribution in [1.29, 1.82) is 0 Å². The minimum absolute atomic E-state index is 0.0770. The number of nitrogens with one attached hydrogen (secondary N) is 2. The number of piperidine rings is 1. The highest BCUT2D eigenvalue weighted by Crippen LogP contribution is 2.24. The predicted octanol–water partition coefficient (Wildman–Crippen LogP) is 3.13. The number of aliphatic hydroxyl groups excluding tert-OH is 1. The maximum atomic E-state index is 12.7. The molecule has 1 aliphatic rings. The fraction of sp³-hybridized carbons (Fsp3) is 0.500. The van der Waals surface area contributed by atoms with E-state index in [1.807, 2.05) is 0 Å². The van der Waals surface area contributed by atoms with Crippen molar-refractivity contribution >= 4 is 22.8 Å². The van der Waals surface area contributed by atoms with E-state index in [0.717, 1.165) is 12.8 Å². The van der Waals surface area contributed by atoms with Gasteiger partial charge in [0.05, 0.1) is 17.1 Å². The molecule has 3 rings (SSSR count). The molecule has 0 radical (unpaired) electrons. The minimum Gasteiger partial charge on any atom is -0.393 e. The average molecular weight is 338 g/mol. The number of hydrogen-bond acceptors (Lipinski definition) is 3. The van der Waals surface area contributed by atoms with Crippen LogP contribution in [-0.2, 0) is 0 Å². The molecular weight excluding hydrogens is 318 g/mol. The molecule has 0 bridgehead atoms. The number of likely N-dealkylation sites (tertiary alicyclic amines) is 1. The highest BCUT2D eigenvalue weighted by Gasteiger charge is 2.26. The summed E-state index contributed by atoms with van der Waals surface area (Å²) in [4.78, 5) is 20.4. The van der Waals surface area contributed by atoms with Crippen molar-refractivity contribution in [3.05, 3.63) is 24.0 Å². The molecule has 0 aliphatic carbocycles. The molecule has 1 aromatic carbocycles. The van der Waals surface area contributed by atoms with Gasteiger partial charge < -0.3 is 20.3 Å². The maximum Gasteiger partial charge on any atom is 0.321 e. The Hall–Kier alpha value is -2.22. The molecule has 130 valence electrons. The van der Waals surface area contributed by atoms with Crippen molar-refractivity contribution < 1.29 is 18.7 Å². The lowest BCUT2D eigenvalue weighted by molar-refractivity contribution is 0.0766. The van der Waals surface area contributed by atoms with Gasteiger partial charge in [0.15, 0.2) is 5.82 Å². The zero-order valence-corrected chi connectivity index (χ0v) is 13.3. The minimum atomic E-state index is -2.67. The van der Waals surface area contributed by atoms with E-state index >= 15 is 0 Å². The molecule has 1 fully saturated rings. The van der Waals surface area contributed by atoms with Gasteiger partial charge in [-0.05, 0) is 38.0 Å². The van der Waals surface area contributed by atoms with Crippen LogP contribution in [0, 0.1) is 5.92 Å². The number of anilines is 1. The number of H-pyrrole nitrogens is 1. The van der Waals surface area contributed by atoms with E-state index in [1.165, 1.54) is 0 Å². The third-order valence-electron chi connectivity index (χ3n) is 4.39. The fourth-order valence-electron chi connectivity index (χ4n) is 3.00. The van der Waals surface area contributed by atoms with Gasteiger partial charge in [0.2, 0.25) is 0 Å². The van der Waals surface area contributed by atoms with Gasteiger partial charge in [-0.1, -0.05) is 0 Å². The van der Waals surface area contributed by atoms with E-state index in [1.54, 1.807) is 30.0 Å². The number of nitrogens with zero attached hydrogens (tertiary/aromatic N) is 2. The number of amides is 2. The van der Waals surface area contributed by atoms with Crippen molar-refractivity contribution in [2.24, 2.45) is 5.92 Å². The number of hydrogen-bond donors (Lipinski definition) is 3. The SMILES string of the molecule is CC(O)C1CCCN(C(=O)Nc2ccc3nc(C(F)F)[nH]c3c2)C1. The first-order valence-electron chi connectivity index (χ1n) is 7.96. The number of aliphatic hydroxyl groups is 1. The van der Waals surface area contributed by atoms with Crippen LogP contribution in [0.1, 0.15) is 32.0 Å². The van der Waals surface area contributed by atoms with E-state index in [2.05, 4.69) is 15.3 Å². The molecule has 3 N–H and O–H groups in total. The lowest BCUT2D eigenvalue weighted by Crippen LogP contribution is -2.44. The van der Waals surface area contributed by atoms with E-state index in [4.69, 9.17) is 0 Å². The molecule has 2 amide bonds. The number of benzene rings is 1. The summed E-state index contributed by atoms with van der Waals surface area (Å²) >= 11 is 0. The molecule has 24 heavy (non-hydrogen) atoms. The lowest BCUT2D eigenvalue weighted by atomic mass is 9.94. The van der Waals surface area contributed by atoms with Crippen LogP contribution in [0.2, 0.25) is 0 Å². The van der Waals surface area contributed by atoms with Crippen LogP contribution in [0.3, 0.4) is 0 Å². The van der Waals surface area contributed by atoms with Gasteiger partial charge in [-0.15, -0.1) is 0 Å². The number of carbonyl (C=O) groups is 1. The third kappa shape index (κ3) is 3.48. The molecule has 6 nitrogen and oxygen atoms in total. The lowest BCUT2D eigenvalue weighted by Gasteiger charge is -2.34. The largest absolute Gasteiger partial charge is 0.393 e. The zero-order valence-electron chi connectivity index (χ0n) is 13.3. The predicted molar refractivity (Wildman–Crippen MR) is 86.0 cm³/mol. The van der Waals surface area contributed by atoms with Crippen LogP contribution >= 0.6 is 0 Å². The first-order chi connectivity index (χ1) is 11.4. The van der Waals surface area contributed by atoms with Gasteiger partial charge in [-0.25, -0.2) is 18.6 Å². The topological polar surface area (TPSA) is 81.2 Å². The summed E-state index contributed by atoms with van der Waals surface area (Å²) in [6, 6.07) is 4.55. The smallest absolute Gasteiger partial charge is 0.321 e. The second-order valence-corrected chi connectivity index (χ2v) is 6.17. The Morgan fingerprint density at radius 3 is 3.00 bits per heavy atom. The van der Waals surface area contributed by atoms with Crippen molar-refractivity contribution in [2.45, 2.75) is 32.3 Å². The number of fused-ring (bicyclic) bond motifs is 1. The van der Waals surface area contributed by atoms with Crippen LogP contribution < -0.4 is 5.32 Å². The van der Waals surface area contributed by atoms with E-state index < -0.39 is 12.5 Å². The Kier molecular flexibility index (Phi) is 4.66. The molecule has 2 heterocycles. The zero-order chi connectivity index (χ0) is 17.3. The first kappa shape index (κ1) is 16.6. The summed E-state index contributed by atoms with van der Waals surface area (Å²) in [5.74, 6) is -0.308. The summed E-state index contributed by atoms with van der Waals surface area (Å²) in [6.07, 6.45) is -1.37. The number of alkyl halides is 2. The van der Waals surface area contributed by atoms with Gasteiger partial charge in [-0.2, -0.15) is 0 Å². The molecule has 2 aromatic rings. The Balaban J connectivity index is 1.70. The van der Waals surface area contributed by atoms with Crippen LogP contribution in [-0.4, -0.2) is 45.2 Å². The standard InChI is InChI=1S/C16H20F2N4O2/c1-9(23)10-3-2-6-22(8-10)16(24)19-11-4-5-12-13(7-11)21-15(20-12)14(17)18/h4-5,7,9-10,14,23H,2-3,6,8H2,1H3,(H,19,24)(H,20,21). The average Bonchev–Trinajstić information content (AvgIpc) is 2.98. The monoisotopic (exact) mass is 338 g/mol. The molecule has 0 spiro atoms. The number of rotatable bonds is 3. The van der Waals surface area contributed by atoms with Crippen molar-refractivity contribution in [1.82, 2.24) is 14.9 Å². The maximum absolute atomic E-state index is 12.7. The second-order valence-electron chi connectivity index (χ2n) is 6.17. The second kappa shape index (κ2) is 6.72. The number of imidazole rings is 1. The van der Waals surface area contributed by atoms with Gasteiger partial charge in [0.25, 0.3) is 6.43 Å². The number of aromatic nitrogens is 2. The Labute approximate surface area is 137 Å². The molecule has 8 heteroatoms. The summed E-state index contributed by atoms with van der Waals surface area (Å²) in [6.45, 7) is 2.88. The fourth-order valence-corrected chi connectivity index (χ4v) is 3.00. The van der Waals surface area contributed by atoms with Crippen molar-refractivity contribution in [2.75, 3.05) is 18.4 Å². The third-order valence-corrected chi connectivity index (χ3v) is 4.39. The van der Waals surface area contributed by atoms with Crippen LogP contribution in [0.4, 0.5) is 19.3 Å². The van der Waals surface area contributed by atoms with E-state index in [0.29, 0.717) is 29.8 Å². The number of urea groups is 1. The van der Waals surface area contributed by atoms with Crippen molar-refractivity contribution in [3.8, 4) is 0 Å². The van der Waals surface area contributed by atoms with Gasteiger partial charge in [0.1, 0.15) is 0 Å². The summed E-state index contributed by atoms with van der Waals surface area (Å²) in [5.41, 5.74) is 1.38. The highest BCUT2D eigenvalue weighted by atomic mass is 19.3. The van der Waals surface area contributed by atoms with Crippen LogP contribution in [0.15, 0.2) is 18.2 Å².